The zero-order chi connectivity index (χ0) is 23.5. The van der Waals surface area contributed by atoms with Gasteiger partial charge in [0.15, 0.2) is 0 Å². The molecule has 0 saturated heterocycles. The SMILES string of the molecule is CC[C@H]1CCCCNC(=O)c2cccc(c2)C(=O)Nc2nc3cccc(C(=O)N(C)C)c3n21. The summed E-state index contributed by atoms with van der Waals surface area (Å²) in [7, 11) is 3.45. The molecule has 2 bridgehead atoms. The summed E-state index contributed by atoms with van der Waals surface area (Å²) in [6.07, 6.45) is 3.35. The van der Waals surface area contributed by atoms with Crippen LogP contribution in [0.25, 0.3) is 11.0 Å². The van der Waals surface area contributed by atoms with Gasteiger partial charge in [0.05, 0.1) is 16.6 Å². The first-order valence-corrected chi connectivity index (χ1v) is 11.3. The summed E-state index contributed by atoms with van der Waals surface area (Å²) in [4.78, 5) is 44.8. The minimum atomic E-state index is -0.353. The highest BCUT2D eigenvalue weighted by molar-refractivity contribution is 6.08. The van der Waals surface area contributed by atoms with Gasteiger partial charge in [-0.25, -0.2) is 4.98 Å². The molecule has 1 aliphatic heterocycles. The number of amides is 3. The number of carbonyl (C=O) groups excluding carboxylic acids is 3. The topological polar surface area (TPSA) is 96.3 Å². The van der Waals surface area contributed by atoms with Crippen molar-refractivity contribution in [3.8, 4) is 0 Å². The molecule has 2 heterocycles. The number of hydrogen-bond acceptors (Lipinski definition) is 4. The summed E-state index contributed by atoms with van der Waals surface area (Å²) in [5.41, 5.74) is 2.76. The van der Waals surface area contributed by atoms with Gasteiger partial charge < -0.3 is 14.8 Å². The molecular formula is C25H29N5O3. The first kappa shape index (κ1) is 22.5. The molecule has 0 aliphatic carbocycles. The van der Waals surface area contributed by atoms with Crippen molar-refractivity contribution in [1.82, 2.24) is 19.8 Å². The highest BCUT2D eigenvalue weighted by atomic mass is 16.2. The Hall–Kier alpha value is -3.68. The molecule has 3 aromatic rings. The second-order valence-electron chi connectivity index (χ2n) is 8.53. The minimum Gasteiger partial charge on any atom is -0.352 e. The van der Waals surface area contributed by atoms with E-state index in [4.69, 9.17) is 4.98 Å². The van der Waals surface area contributed by atoms with Crippen LogP contribution in [0.2, 0.25) is 0 Å². The van der Waals surface area contributed by atoms with Crippen LogP contribution in [0.15, 0.2) is 42.5 Å². The van der Waals surface area contributed by atoms with E-state index in [1.54, 1.807) is 49.3 Å². The van der Waals surface area contributed by atoms with Crippen molar-refractivity contribution in [3.05, 3.63) is 59.2 Å². The van der Waals surface area contributed by atoms with Crippen LogP contribution in [0.4, 0.5) is 5.95 Å². The molecule has 2 aromatic carbocycles. The van der Waals surface area contributed by atoms with Crippen LogP contribution in [0.5, 0.6) is 0 Å². The molecule has 0 radical (unpaired) electrons. The molecule has 1 atom stereocenters. The molecule has 0 fully saturated rings. The third-order valence-corrected chi connectivity index (χ3v) is 6.05. The number of benzene rings is 2. The smallest absolute Gasteiger partial charge is 0.257 e. The number of hydrogen-bond donors (Lipinski definition) is 2. The summed E-state index contributed by atoms with van der Waals surface area (Å²) in [6.45, 7) is 2.65. The van der Waals surface area contributed by atoms with Crippen LogP contribution in [0.1, 0.15) is 69.7 Å². The first-order chi connectivity index (χ1) is 15.9. The number of imidazole rings is 1. The average molecular weight is 448 g/mol. The lowest BCUT2D eigenvalue weighted by Crippen LogP contribution is -2.26. The Morgan fingerprint density at radius 3 is 2.55 bits per heavy atom. The third-order valence-electron chi connectivity index (χ3n) is 6.05. The van der Waals surface area contributed by atoms with Gasteiger partial charge in [-0.05, 0) is 56.0 Å². The number of aromatic nitrogens is 2. The van der Waals surface area contributed by atoms with E-state index in [-0.39, 0.29) is 23.8 Å². The summed E-state index contributed by atoms with van der Waals surface area (Å²) in [5, 5.41) is 5.88. The molecule has 33 heavy (non-hydrogen) atoms. The zero-order valence-corrected chi connectivity index (χ0v) is 19.2. The van der Waals surface area contributed by atoms with Gasteiger partial charge in [-0.1, -0.05) is 19.1 Å². The number of fused-ring (bicyclic) bond motifs is 5. The predicted octanol–water partition coefficient (Wildman–Crippen LogP) is 3.86. The number of para-hydroxylation sites is 1. The average Bonchev–Trinajstić information content (AvgIpc) is 3.18. The van der Waals surface area contributed by atoms with E-state index in [1.807, 2.05) is 16.7 Å². The molecule has 8 heteroatoms. The van der Waals surface area contributed by atoms with Gasteiger partial charge in [0.25, 0.3) is 17.7 Å². The third kappa shape index (κ3) is 4.46. The van der Waals surface area contributed by atoms with Crippen molar-refractivity contribution >= 4 is 34.7 Å². The van der Waals surface area contributed by atoms with E-state index >= 15 is 0 Å². The molecular weight excluding hydrogens is 418 g/mol. The van der Waals surface area contributed by atoms with Crippen molar-refractivity contribution in [2.45, 2.75) is 38.6 Å². The lowest BCUT2D eigenvalue weighted by atomic mass is 10.0. The summed E-state index contributed by atoms with van der Waals surface area (Å²) < 4.78 is 2.01. The van der Waals surface area contributed by atoms with E-state index < -0.39 is 0 Å². The first-order valence-electron chi connectivity index (χ1n) is 11.3. The molecule has 2 N–H and O–H groups in total. The maximum atomic E-state index is 13.1. The number of anilines is 1. The van der Waals surface area contributed by atoms with Crippen LogP contribution in [-0.4, -0.2) is 52.8 Å². The van der Waals surface area contributed by atoms with Gasteiger partial charge in [0.2, 0.25) is 5.95 Å². The van der Waals surface area contributed by atoms with Crippen molar-refractivity contribution in [2.24, 2.45) is 0 Å². The summed E-state index contributed by atoms with van der Waals surface area (Å²) in [5.74, 6) is -0.242. The van der Waals surface area contributed by atoms with Gasteiger partial charge in [0.1, 0.15) is 0 Å². The Balaban J connectivity index is 1.88. The second kappa shape index (κ2) is 9.44. The minimum absolute atomic E-state index is 0.0337. The Labute approximate surface area is 193 Å². The van der Waals surface area contributed by atoms with E-state index in [9.17, 15) is 14.4 Å². The fraction of sp³-hybridized carbons (Fsp3) is 0.360. The molecule has 4 rings (SSSR count). The van der Waals surface area contributed by atoms with Crippen LogP contribution in [0.3, 0.4) is 0 Å². The van der Waals surface area contributed by atoms with Gasteiger partial charge in [-0.15, -0.1) is 0 Å². The lowest BCUT2D eigenvalue weighted by molar-refractivity contribution is 0.0828. The van der Waals surface area contributed by atoms with Crippen LogP contribution < -0.4 is 10.6 Å². The lowest BCUT2D eigenvalue weighted by Gasteiger charge is -2.22. The largest absolute Gasteiger partial charge is 0.352 e. The van der Waals surface area contributed by atoms with Gasteiger partial charge in [0, 0.05) is 37.8 Å². The molecule has 0 spiro atoms. The van der Waals surface area contributed by atoms with Crippen LogP contribution >= 0.6 is 0 Å². The molecule has 1 aliphatic rings. The molecule has 172 valence electrons. The van der Waals surface area contributed by atoms with Crippen molar-refractivity contribution in [3.63, 3.8) is 0 Å². The van der Waals surface area contributed by atoms with Gasteiger partial charge in [-0.3, -0.25) is 19.7 Å². The summed E-state index contributed by atoms with van der Waals surface area (Å²) >= 11 is 0. The molecule has 3 amide bonds. The van der Waals surface area contributed by atoms with Crippen molar-refractivity contribution < 1.29 is 14.4 Å². The van der Waals surface area contributed by atoms with E-state index in [0.29, 0.717) is 34.7 Å². The number of rotatable bonds is 2. The van der Waals surface area contributed by atoms with Crippen LogP contribution in [0, 0.1) is 0 Å². The summed E-state index contributed by atoms with van der Waals surface area (Å²) in [6, 6.07) is 12.2. The molecule has 0 saturated carbocycles. The van der Waals surface area contributed by atoms with Crippen molar-refractivity contribution in [2.75, 3.05) is 26.0 Å². The maximum Gasteiger partial charge on any atom is 0.257 e. The van der Waals surface area contributed by atoms with Crippen molar-refractivity contribution in [1.29, 1.82) is 0 Å². The fourth-order valence-corrected chi connectivity index (χ4v) is 4.31. The van der Waals surface area contributed by atoms with Gasteiger partial charge in [-0.2, -0.15) is 0 Å². The number of nitrogens with one attached hydrogen (secondary N) is 2. The standard InChI is InChI=1S/C25H29N5O3/c1-4-18-11-5-6-14-26-22(31)16-9-7-10-17(15-16)23(32)28-25-27-20-13-8-12-19(21(20)30(18)25)24(33)29(2)3/h7-10,12-13,15,18H,4-6,11,14H2,1-3H3,(H,26,31)(H,27,28,32)/t18-/m0/s1. The Morgan fingerprint density at radius 2 is 1.82 bits per heavy atom. The van der Waals surface area contributed by atoms with E-state index in [0.717, 1.165) is 31.2 Å². The number of nitrogens with zero attached hydrogens (tertiary/aromatic N) is 3. The number of carbonyl (C=O) groups is 3. The zero-order valence-electron chi connectivity index (χ0n) is 19.2. The molecule has 8 nitrogen and oxygen atoms in total. The second-order valence-corrected chi connectivity index (χ2v) is 8.53. The van der Waals surface area contributed by atoms with E-state index in [2.05, 4.69) is 17.6 Å². The monoisotopic (exact) mass is 447 g/mol. The molecule has 0 unspecified atom stereocenters. The molecule has 1 aromatic heterocycles. The predicted molar refractivity (Wildman–Crippen MR) is 128 cm³/mol. The van der Waals surface area contributed by atoms with Gasteiger partial charge >= 0.3 is 0 Å². The van der Waals surface area contributed by atoms with Crippen LogP contribution in [-0.2, 0) is 0 Å². The highest BCUT2D eigenvalue weighted by Crippen LogP contribution is 2.32. The Bertz CT molecular complexity index is 1210. The fourth-order valence-electron chi connectivity index (χ4n) is 4.31. The Kier molecular flexibility index (Phi) is 6.44. The van der Waals surface area contributed by atoms with E-state index in [1.165, 1.54) is 0 Å². The quantitative estimate of drug-likeness (QED) is 0.624. The normalized spacial score (nSPS) is 17.0. The highest BCUT2D eigenvalue weighted by Gasteiger charge is 2.25. The Morgan fingerprint density at radius 1 is 1.09 bits per heavy atom. The maximum absolute atomic E-state index is 13.1.